The minimum atomic E-state index is -0.00733. The van der Waals surface area contributed by atoms with E-state index in [1.54, 1.807) is 0 Å². The summed E-state index contributed by atoms with van der Waals surface area (Å²) < 4.78 is 0. The highest BCUT2D eigenvalue weighted by molar-refractivity contribution is 7.55. The van der Waals surface area contributed by atoms with E-state index in [1.807, 2.05) is 6.92 Å². The minimum Gasteiger partial charge on any atom is -0.306 e. The highest BCUT2D eigenvalue weighted by atomic mass is 31.1. The van der Waals surface area contributed by atoms with Gasteiger partial charge in [0.05, 0.1) is 0 Å². The molecule has 2 N–H and O–H groups in total. The second kappa shape index (κ2) is 3.26. The molecular formula is C3H8NOP. The van der Waals surface area contributed by atoms with E-state index in [9.17, 15) is 4.79 Å². The number of hydrogen-bond acceptors (Lipinski definition) is 2. The second-order valence-corrected chi connectivity index (χ2v) is 1.77. The molecule has 0 rings (SSSR count). The van der Waals surface area contributed by atoms with Crippen LogP contribution >= 0.6 is 8.73 Å². The van der Waals surface area contributed by atoms with Gasteiger partial charge in [0.15, 0.2) is 5.52 Å². The van der Waals surface area contributed by atoms with Crippen LogP contribution in [0.4, 0.5) is 0 Å². The number of rotatable bonds is 2. The van der Waals surface area contributed by atoms with Crippen molar-refractivity contribution in [1.29, 1.82) is 0 Å². The van der Waals surface area contributed by atoms with Gasteiger partial charge in [0, 0.05) is 15.2 Å². The lowest BCUT2D eigenvalue weighted by Gasteiger charge is -1.81. The van der Waals surface area contributed by atoms with E-state index < -0.39 is 0 Å². The van der Waals surface area contributed by atoms with Crippen LogP contribution in [0.3, 0.4) is 0 Å². The monoisotopic (exact) mass is 105 g/mol. The van der Waals surface area contributed by atoms with Crippen LogP contribution in [-0.2, 0) is 4.79 Å². The molecular weight excluding hydrogens is 97.0 g/mol. The van der Waals surface area contributed by atoms with Crippen molar-refractivity contribution in [3.8, 4) is 0 Å². The van der Waals surface area contributed by atoms with Crippen molar-refractivity contribution in [2.24, 2.45) is 5.50 Å². The van der Waals surface area contributed by atoms with E-state index in [0.717, 1.165) is 0 Å². The van der Waals surface area contributed by atoms with Gasteiger partial charge in [-0.2, -0.15) is 0 Å². The Labute approximate surface area is 38.9 Å². The molecule has 0 saturated heterocycles. The Kier molecular flexibility index (Phi) is 3.29. The van der Waals surface area contributed by atoms with E-state index in [1.165, 1.54) is 0 Å². The topological polar surface area (TPSA) is 43.1 Å². The van der Waals surface area contributed by atoms with Crippen molar-refractivity contribution < 1.29 is 4.79 Å². The molecule has 1 unspecified atom stereocenters. The Hall–Kier alpha value is 0.0600. The van der Waals surface area contributed by atoms with Gasteiger partial charge in [-0.15, -0.1) is 0 Å². The summed E-state index contributed by atoms with van der Waals surface area (Å²) in [6.07, 6.45) is 0.578. The van der Waals surface area contributed by atoms with Crippen molar-refractivity contribution in [3.05, 3.63) is 0 Å². The van der Waals surface area contributed by atoms with Crippen LogP contribution in [0.15, 0.2) is 0 Å². The van der Waals surface area contributed by atoms with Crippen molar-refractivity contribution in [1.82, 2.24) is 0 Å². The minimum absolute atomic E-state index is 0.00733. The van der Waals surface area contributed by atoms with Crippen LogP contribution in [0.5, 0.6) is 0 Å². The molecule has 0 aliphatic rings. The van der Waals surface area contributed by atoms with E-state index >= 15 is 0 Å². The first-order valence-corrected chi connectivity index (χ1v) is 2.88. The number of carbonyl (C=O) groups excluding carboxylic acids is 1. The van der Waals surface area contributed by atoms with Crippen LogP contribution in [0.1, 0.15) is 13.3 Å². The predicted molar refractivity (Wildman–Crippen MR) is 27.8 cm³/mol. The van der Waals surface area contributed by atoms with Crippen molar-refractivity contribution in [2.75, 3.05) is 0 Å². The van der Waals surface area contributed by atoms with Gasteiger partial charge in [-0.05, 0) is 0 Å². The largest absolute Gasteiger partial charge is 0.306 e. The molecule has 36 valence electrons. The maximum atomic E-state index is 10.1. The van der Waals surface area contributed by atoms with Gasteiger partial charge in [0.25, 0.3) is 0 Å². The standard InChI is InChI=1S/C3H8NOP/c1-2-3(5)6-4/h6H,2,4H2,1H3. The first-order valence-electron chi connectivity index (χ1n) is 1.80. The molecule has 1 atom stereocenters. The summed E-state index contributed by atoms with van der Waals surface area (Å²) in [5, 5.41) is 0. The van der Waals surface area contributed by atoms with Crippen LogP contribution in [0, 0.1) is 0 Å². The molecule has 0 heterocycles. The average molecular weight is 105 g/mol. The normalized spacial score (nSPS) is 10.3. The number of nitrogens with two attached hydrogens (primary N) is 1. The summed E-state index contributed by atoms with van der Waals surface area (Å²) in [5.74, 6) is 0. The van der Waals surface area contributed by atoms with Crippen molar-refractivity contribution in [3.63, 3.8) is 0 Å². The average Bonchev–Trinajstić information content (AvgIpc) is 1.65. The van der Waals surface area contributed by atoms with Crippen LogP contribution < -0.4 is 5.50 Å². The van der Waals surface area contributed by atoms with Crippen molar-refractivity contribution in [2.45, 2.75) is 13.3 Å². The van der Waals surface area contributed by atoms with Gasteiger partial charge in [-0.1, -0.05) is 6.92 Å². The van der Waals surface area contributed by atoms with Gasteiger partial charge < -0.3 is 5.50 Å². The smallest absolute Gasteiger partial charge is 0.165 e. The van der Waals surface area contributed by atoms with Gasteiger partial charge >= 0.3 is 0 Å². The Morgan fingerprint density at radius 2 is 2.50 bits per heavy atom. The quantitative estimate of drug-likeness (QED) is 0.519. The van der Waals surface area contributed by atoms with E-state index in [2.05, 4.69) is 0 Å². The molecule has 3 heteroatoms. The Morgan fingerprint density at radius 1 is 2.00 bits per heavy atom. The van der Waals surface area contributed by atoms with Gasteiger partial charge in [-0.25, -0.2) is 0 Å². The fraction of sp³-hybridized carbons (Fsp3) is 0.667. The molecule has 0 fully saturated rings. The lowest BCUT2D eigenvalue weighted by atomic mass is 10.6. The zero-order valence-electron chi connectivity index (χ0n) is 3.69. The summed E-state index contributed by atoms with van der Waals surface area (Å²) in [5.41, 5.74) is 5.11. The zero-order chi connectivity index (χ0) is 4.99. The first kappa shape index (κ1) is 6.06. The molecule has 0 bridgehead atoms. The molecule has 6 heavy (non-hydrogen) atoms. The molecule has 0 radical (unpaired) electrons. The van der Waals surface area contributed by atoms with Crippen LogP contribution in [-0.4, -0.2) is 5.52 Å². The lowest BCUT2D eigenvalue weighted by molar-refractivity contribution is -0.111. The van der Waals surface area contributed by atoms with Gasteiger partial charge in [0.1, 0.15) is 0 Å². The highest BCUT2D eigenvalue weighted by Gasteiger charge is 1.87. The third kappa shape index (κ3) is 2.31. The van der Waals surface area contributed by atoms with Crippen LogP contribution in [0.2, 0.25) is 0 Å². The highest BCUT2D eigenvalue weighted by Crippen LogP contribution is 1.99. The molecule has 0 aromatic heterocycles. The van der Waals surface area contributed by atoms with Gasteiger partial charge in [-0.3, -0.25) is 4.79 Å². The summed E-state index contributed by atoms with van der Waals surface area (Å²) in [6.45, 7) is 1.81. The van der Waals surface area contributed by atoms with E-state index in [0.29, 0.717) is 6.42 Å². The summed E-state index contributed by atoms with van der Waals surface area (Å²) in [6, 6.07) is 0. The van der Waals surface area contributed by atoms with Crippen LogP contribution in [0.25, 0.3) is 0 Å². The van der Waals surface area contributed by atoms with E-state index in [-0.39, 0.29) is 14.3 Å². The molecule has 0 aliphatic heterocycles. The predicted octanol–water partition coefficient (Wildman–Crippen LogP) is 0.475. The zero-order valence-corrected chi connectivity index (χ0v) is 4.69. The second-order valence-electron chi connectivity index (χ2n) is 0.921. The molecule has 0 aliphatic carbocycles. The molecule has 0 aromatic carbocycles. The summed E-state index contributed by atoms with van der Waals surface area (Å²) in [4.78, 5) is 10.1. The summed E-state index contributed by atoms with van der Waals surface area (Å²) in [7, 11) is -0.00733. The fourth-order valence-electron chi connectivity index (χ4n) is 0.102. The molecule has 0 aromatic rings. The number of hydrogen-bond donors (Lipinski definition) is 1. The Balaban J connectivity index is 2.99. The third-order valence-corrected chi connectivity index (χ3v) is 1.16. The molecule has 0 amide bonds. The molecule has 0 saturated carbocycles. The fourth-order valence-corrected chi connectivity index (χ4v) is 0.306. The molecule has 2 nitrogen and oxygen atoms in total. The SMILES string of the molecule is CCC(=O)PN. The number of carbonyl (C=O) groups is 1. The molecule has 0 spiro atoms. The lowest BCUT2D eigenvalue weighted by Crippen LogP contribution is -1.87. The van der Waals surface area contributed by atoms with Crippen molar-refractivity contribution >= 4 is 14.3 Å². The van der Waals surface area contributed by atoms with Gasteiger partial charge in [0.2, 0.25) is 0 Å². The first-order chi connectivity index (χ1) is 2.81. The summed E-state index contributed by atoms with van der Waals surface area (Å²) >= 11 is 0. The Morgan fingerprint density at radius 3 is 2.50 bits per heavy atom. The van der Waals surface area contributed by atoms with E-state index in [4.69, 9.17) is 5.50 Å². The maximum absolute atomic E-state index is 10.1. The third-order valence-electron chi connectivity index (χ3n) is 0.482. The maximum Gasteiger partial charge on any atom is 0.165 e. The Bertz CT molecular complexity index is 48.8.